The highest BCUT2D eigenvalue weighted by atomic mass is 15.3. The van der Waals surface area contributed by atoms with E-state index >= 15 is 0 Å². The van der Waals surface area contributed by atoms with Gasteiger partial charge in [-0.25, -0.2) is 4.98 Å². The zero-order chi connectivity index (χ0) is 13.0. The fourth-order valence-corrected chi connectivity index (χ4v) is 2.79. The molecule has 2 rings (SSSR count). The van der Waals surface area contributed by atoms with Gasteiger partial charge in [-0.05, 0) is 31.4 Å². The van der Waals surface area contributed by atoms with Crippen molar-refractivity contribution in [1.82, 2.24) is 4.98 Å². The van der Waals surface area contributed by atoms with Gasteiger partial charge in [0.25, 0.3) is 0 Å². The minimum Gasteiger partial charge on any atom is -0.349 e. The monoisotopic (exact) mass is 244 g/mol. The molecule has 96 valence electrons. The zero-order valence-electron chi connectivity index (χ0n) is 10.8. The summed E-state index contributed by atoms with van der Waals surface area (Å²) in [5.74, 6) is 0.959. The first-order valence-corrected chi connectivity index (χ1v) is 6.64. The molecule has 1 aliphatic heterocycles. The van der Waals surface area contributed by atoms with E-state index in [9.17, 15) is 0 Å². The average molecular weight is 244 g/mol. The van der Waals surface area contributed by atoms with Gasteiger partial charge in [-0.3, -0.25) is 0 Å². The van der Waals surface area contributed by atoms with Crippen LogP contribution in [0.5, 0.6) is 0 Å². The maximum absolute atomic E-state index is 8.80. The second kappa shape index (κ2) is 5.83. The first kappa shape index (κ1) is 12.8. The van der Waals surface area contributed by atoms with Crippen LogP contribution in [0.3, 0.4) is 0 Å². The van der Waals surface area contributed by atoms with Gasteiger partial charge < -0.3 is 10.6 Å². The molecule has 18 heavy (non-hydrogen) atoms. The normalized spacial score (nSPS) is 23.1. The third-order valence-corrected chi connectivity index (χ3v) is 3.66. The summed E-state index contributed by atoms with van der Waals surface area (Å²) >= 11 is 0. The fraction of sp³-hybridized carbons (Fsp3) is 0.571. The predicted molar refractivity (Wildman–Crippen MR) is 72.2 cm³/mol. The van der Waals surface area contributed by atoms with Gasteiger partial charge in [0.1, 0.15) is 11.9 Å². The summed E-state index contributed by atoms with van der Waals surface area (Å²) in [5, 5.41) is 8.80. The third kappa shape index (κ3) is 2.46. The van der Waals surface area contributed by atoms with E-state index < -0.39 is 0 Å². The van der Waals surface area contributed by atoms with E-state index in [1.807, 2.05) is 12.1 Å². The van der Waals surface area contributed by atoms with E-state index in [0.717, 1.165) is 12.2 Å². The lowest BCUT2D eigenvalue weighted by Gasteiger charge is -2.30. The Labute approximate surface area is 108 Å². The van der Waals surface area contributed by atoms with Crippen LogP contribution in [0.2, 0.25) is 0 Å². The molecule has 4 nitrogen and oxygen atoms in total. The molecule has 2 unspecified atom stereocenters. The number of nitriles is 1. The van der Waals surface area contributed by atoms with Crippen LogP contribution >= 0.6 is 0 Å². The van der Waals surface area contributed by atoms with Gasteiger partial charge in [0.15, 0.2) is 0 Å². The summed E-state index contributed by atoms with van der Waals surface area (Å²) < 4.78 is 0. The lowest BCUT2D eigenvalue weighted by Crippen LogP contribution is -2.40. The van der Waals surface area contributed by atoms with Crippen molar-refractivity contribution >= 4 is 5.82 Å². The van der Waals surface area contributed by atoms with Crippen molar-refractivity contribution in [3.63, 3.8) is 0 Å². The summed E-state index contributed by atoms with van der Waals surface area (Å²) in [5.41, 5.74) is 6.46. The van der Waals surface area contributed by atoms with Crippen molar-refractivity contribution in [1.29, 1.82) is 5.26 Å². The second-order valence-corrected chi connectivity index (χ2v) is 4.83. The molecule has 2 heterocycles. The van der Waals surface area contributed by atoms with Crippen LogP contribution in [0.25, 0.3) is 0 Å². The summed E-state index contributed by atoms with van der Waals surface area (Å²) in [6.07, 6.45) is 6.33. The van der Waals surface area contributed by atoms with Crippen LogP contribution < -0.4 is 10.6 Å². The van der Waals surface area contributed by atoms with Crippen LogP contribution in [0.1, 0.15) is 38.2 Å². The van der Waals surface area contributed by atoms with Crippen LogP contribution in [-0.2, 0) is 0 Å². The molecule has 0 aromatic carbocycles. The van der Waals surface area contributed by atoms with Crippen molar-refractivity contribution in [3.8, 4) is 6.07 Å². The number of hydrogen-bond acceptors (Lipinski definition) is 4. The van der Waals surface area contributed by atoms with Gasteiger partial charge in [-0.15, -0.1) is 0 Å². The molecule has 0 saturated carbocycles. The number of rotatable bonds is 4. The summed E-state index contributed by atoms with van der Waals surface area (Å²) in [7, 11) is 0. The van der Waals surface area contributed by atoms with Gasteiger partial charge in [-0.2, -0.15) is 5.26 Å². The minimum atomic E-state index is 0.391. The lowest BCUT2D eigenvalue weighted by atomic mass is 10.1. The Kier molecular flexibility index (Phi) is 4.16. The summed E-state index contributed by atoms with van der Waals surface area (Å²) in [4.78, 5) is 6.76. The van der Waals surface area contributed by atoms with E-state index in [2.05, 4.69) is 22.9 Å². The van der Waals surface area contributed by atoms with E-state index in [1.54, 1.807) is 6.20 Å². The van der Waals surface area contributed by atoms with Crippen LogP contribution in [0.15, 0.2) is 18.3 Å². The first-order valence-electron chi connectivity index (χ1n) is 6.64. The molecule has 1 saturated heterocycles. The Morgan fingerprint density at radius 2 is 2.22 bits per heavy atom. The Hall–Kier alpha value is -1.60. The molecule has 2 N–H and O–H groups in total. The standard InChI is InChI=1S/C14H20N4/c1-2-3-12-5-6-13(9-16)18(12)14-7-4-11(8-15)10-17-14/h4,7,10,12-13H,2-3,5-6,9,16H2,1H3. The first-order chi connectivity index (χ1) is 8.80. The number of nitrogens with zero attached hydrogens (tertiary/aromatic N) is 3. The second-order valence-electron chi connectivity index (χ2n) is 4.83. The molecule has 1 aliphatic rings. The zero-order valence-corrected chi connectivity index (χ0v) is 10.8. The molecule has 1 aromatic heterocycles. The van der Waals surface area contributed by atoms with Crippen molar-refractivity contribution in [2.75, 3.05) is 11.4 Å². The molecule has 1 aromatic rings. The Balaban J connectivity index is 2.23. The van der Waals surface area contributed by atoms with Crippen molar-refractivity contribution in [2.45, 2.75) is 44.7 Å². The van der Waals surface area contributed by atoms with Gasteiger partial charge in [0, 0.05) is 24.8 Å². The summed E-state index contributed by atoms with van der Waals surface area (Å²) in [6.45, 7) is 2.88. The predicted octanol–water partition coefficient (Wildman–Crippen LogP) is 2.05. The molecular formula is C14H20N4. The Bertz CT molecular complexity index is 420. The van der Waals surface area contributed by atoms with E-state index in [0.29, 0.717) is 24.2 Å². The molecule has 0 spiro atoms. The maximum Gasteiger partial charge on any atom is 0.129 e. The molecule has 0 aliphatic carbocycles. The lowest BCUT2D eigenvalue weighted by molar-refractivity contribution is 0.575. The highest BCUT2D eigenvalue weighted by Crippen LogP contribution is 2.31. The SMILES string of the molecule is CCCC1CCC(CN)N1c1ccc(C#N)cn1. The molecule has 4 heteroatoms. The molecule has 1 fully saturated rings. The molecule has 0 bridgehead atoms. The van der Waals surface area contributed by atoms with Crippen molar-refractivity contribution in [3.05, 3.63) is 23.9 Å². The summed E-state index contributed by atoms with van der Waals surface area (Å²) in [6, 6.07) is 6.81. The largest absolute Gasteiger partial charge is 0.349 e. The maximum atomic E-state index is 8.80. The van der Waals surface area contributed by atoms with E-state index in [-0.39, 0.29) is 0 Å². The quantitative estimate of drug-likeness (QED) is 0.880. The smallest absolute Gasteiger partial charge is 0.129 e. The van der Waals surface area contributed by atoms with Crippen LogP contribution in [0, 0.1) is 11.3 Å². The molecule has 0 amide bonds. The number of pyridine rings is 1. The number of nitrogens with two attached hydrogens (primary N) is 1. The number of anilines is 1. The number of hydrogen-bond donors (Lipinski definition) is 1. The fourth-order valence-electron chi connectivity index (χ4n) is 2.79. The highest BCUT2D eigenvalue weighted by Gasteiger charge is 2.32. The van der Waals surface area contributed by atoms with Gasteiger partial charge in [-0.1, -0.05) is 13.3 Å². The van der Waals surface area contributed by atoms with Gasteiger partial charge in [0.2, 0.25) is 0 Å². The van der Waals surface area contributed by atoms with Crippen molar-refractivity contribution in [2.24, 2.45) is 5.73 Å². The van der Waals surface area contributed by atoms with Gasteiger partial charge in [0.05, 0.1) is 5.56 Å². The topological polar surface area (TPSA) is 65.9 Å². The molecular weight excluding hydrogens is 224 g/mol. The van der Waals surface area contributed by atoms with E-state index in [1.165, 1.54) is 19.3 Å². The molecule has 2 atom stereocenters. The highest BCUT2D eigenvalue weighted by molar-refractivity contribution is 5.45. The van der Waals surface area contributed by atoms with Crippen molar-refractivity contribution < 1.29 is 0 Å². The molecule has 0 radical (unpaired) electrons. The van der Waals surface area contributed by atoms with Crippen LogP contribution in [0.4, 0.5) is 5.82 Å². The minimum absolute atomic E-state index is 0.391. The van der Waals surface area contributed by atoms with Crippen LogP contribution in [-0.4, -0.2) is 23.6 Å². The van der Waals surface area contributed by atoms with E-state index in [4.69, 9.17) is 11.0 Å². The Morgan fingerprint density at radius 1 is 1.44 bits per heavy atom. The van der Waals surface area contributed by atoms with Gasteiger partial charge >= 0.3 is 0 Å². The Morgan fingerprint density at radius 3 is 2.78 bits per heavy atom. The third-order valence-electron chi connectivity index (χ3n) is 3.66. The average Bonchev–Trinajstić information content (AvgIpc) is 2.82. The number of aromatic nitrogens is 1.